The maximum Gasteiger partial charge on any atom is 0.339 e. The predicted octanol–water partition coefficient (Wildman–Crippen LogP) is 2.24. The third-order valence-corrected chi connectivity index (χ3v) is 6.21. The Hall–Kier alpha value is -2.96. The maximum atomic E-state index is 13.1. The quantitative estimate of drug-likeness (QED) is 0.780. The van der Waals surface area contributed by atoms with Crippen LogP contribution in [-0.2, 0) is 27.2 Å². The first-order valence-corrected chi connectivity index (χ1v) is 10.6. The van der Waals surface area contributed by atoms with Crippen LogP contribution in [0.25, 0.3) is 10.9 Å². The third kappa shape index (κ3) is 4.01. The highest BCUT2D eigenvalue weighted by atomic mass is 16.5. The minimum absolute atomic E-state index is 0.289. The zero-order valence-electron chi connectivity index (χ0n) is 17.2. The van der Waals surface area contributed by atoms with Crippen molar-refractivity contribution in [1.82, 2.24) is 9.88 Å². The maximum absolute atomic E-state index is 13.1. The van der Waals surface area contributed by atoms with Gasteiger partial charge in [-0.1, -0.05) is 25.1 Å². The van der Waals surface area contributed by atoms with E-state index in [0.717, 1.165) is 41.4 Å². The molecule has 7 nitrogen and oxygen atoms in total. The molecule has 0 saturated carbocycles. The Morgan fingerprint density at radius 1 is 1.23 bits per heavy atom. The number of amides is 2. The van der Waals surface area contributed by atoms with Gasteiger partial charge in [0.1, 0.15) is 0 Å². The number of likely N-dealkylation sites (tertiary alicyclic amines) is 1. The lowest BCUT2D eigenvalue weighted by atomic mass is 9.84. The van der Waals surface area contributed by atoms with Gasteiger partial charge in [-0.25, -0.2) is 4.79 Å². The number of primary amides is 1. The van der Waals surface area contributed by atoms with E-state index in [0.29, 0.717) is 30.9 Å². The molecule has 30 heavy (non-hydrogen) atoms. The van der Waals surface area contributed by atoms with Crippen LogP contribution in [0, 0.1) is 11.8 Å². The molecule has 1 saturated heterocycles. The molecular weight excluding hydrogens is 382 g/mol. The predicted molar refractivity (Wildman–Crippen MR) is 112 cm³/mol. The summed E-state index contributed by atoms with van der Waals surface area (Å²) >= 11 is 0. The van der Waals surface area contributed by atoms with Gasteiger partial charge in [-0.05, 0) is 49.7 Å². The van der Waals surface area contributed by atoms with E-state index in [4.69, 9.17) is 15.5 Å². The number of piperidine rings is 1. The highest BCUT2D eigenvalue weighted by molar-refractivity contribution is 6.05. The van der Waals surface area contributed by atoms with Crippen molar-refractivity contribution in [2.24, 2.45) is 17.6 Å². The molecule has 4 rings (SSSR count). The number of benzene rings is 1. The summed E-state index contributed by atoms with van der Waals surface area (Å²) < 4.78 is 5.47. The van der Waals surface area contributed by atoms with Crippen LogP contribution in [0.5, 0.6) is 0 Å². The Labute approximate surface area is 175 Å². The van der Waals surface area contributed by atoms with Crippen LogP contribution >= 0.6 is 0 Å². The molecule has 2 aromatic rings. The number of nitrogens with two attached hydrogens (primary N) is 1. The Morgan fingerprint density at radius 3 is 2.83 bits per heavy atom. The average Bonchev–Trinajstić information content (AvgIpc) is 2.75. The number of para-hydroxylation sites is 1. The first-order valence-electron chi connectivity index (χ1n) is 10.6. The van der Waals surface area contributed by atoms with Gasteiger partial charge in [-0.2, -0.15) is 0 Å². The van der Waals surface area contributed by atoms with Gasteiger partial charge in [0.25, 0.3) is 5.91 Å². The van der Waals surface area contributed by atoms with Crippen LogP contribution in [0.2, 0.25) is 0 Å². The summed E-state index contributed by atoms with van der Waals surface area (Å²) in [6.45, 7) is 2.66. The van der Waals surface area contributed by atoms with E-state index in [9.17, 15) is 14.4 Å². The normalized spacial score (nSPS) is 21.2. The fraction of sp³-hybridized carbons (Fsp3) is 0.478. The number of aryl methyl sites for hydroxylation is 1. The first kappa shape index (κ1) is 20.3. The lowest BCUT2D eigenvalue weighted by Crippen LogP contribution is -2.45. The SMILES string of the molecule is C[C@@H]1CCc2nc3ccccc3c(C(=O)OCC(=O)N3CCC[C@H](C(N)=O)C3)c2C1. The van der Waals surface area contributed by atoms with E-state index in [1.165, 1.54) is 0 Å². The molecule has 158 valence electrons. The summed E-state index contributed by atoms with van der Waals surface area (Å²) in [7, 11) is 0. The van der Waals surface area contributed by atoms with Gasteiger partial charge < -0.3 is 15.4 Å². The lowest BCUT2D eigenvalue weighted by Gasteiger charge is -2.31. The van der Waals surface area contributed by atoms with Gasteiger partial charge in [0.2, 0.25) is 5.91 Å². The molecule has 2 atom stereocenters. The number of carbonyl (C=O) groups is 3. The number of rotatable bonds is 4. The summed E-state index contributed by atoms with van der Waals surface area (Å²) in [5.41, 5.74) is 8.58. The monoisotopic (exact) mass is 409 g/mol. The van der Waals surface area contributed by atoms with Crippen LogP contribution in [0.15, 0.2) is 24.3 Å². The lowest BCUT2D eigenvalue weighted by molar-refractivity contribution is -0.137. The van der Waals surface area contributed by atoms with E-state index in [2.05, 4.69) is 6.92 Å². The van der Waals surface area contributed by atoms with Gasteiger partial charge in [0, 0.05) is 24.2 Å². The number of fused-ring (bicyclic) bond motifs is 2. The fourth-order valence-electron chi connectivity index (χ4n) is 4.52. The van der Waals surface area contributed by atoms with Gasteiger partial charge in [-0.15, -0.1) is 0 Å². The zero-order chi connectivity index (χ0) is 21.3. The minimum atomic E-state index is -0.490. The average molecular weight is 409 g/mol. The molecule has 0 bridgehead atoms. The molecule has 2 amide bonds. The third-order valence-electron chi connectivity index (χ3n) is 6.21. The van der Waals surface area contributed by atoms with E-state index < -0.39 is 11.9 Å². The van der Waals surface area contributed by atoms with Gasteiger partial charge in [0.05, 0.1) is 17.0 Å². The Morgan fingerprint density at radius 2 is 2.03 bits per heavy atom. The van der Waals surface area contributed by atoms with Crippen molar-refractivity contribution in [3.05, 3.63) is 41.1 Å². The largest absolute Gasteiger partial charge is 0.452 e. The Kier molecular flexibility index (Phi) is 5.70. The number of hydrogen-bond acceptors (Lipinski definition) is 5. The summed E-state index contributed by atoms with van der Waals surface area (Å²) in [6.07, 6.45) is 4.06. The van der Waals surface area contributed by atoms with E-state index in [1.54, 1.807) is 4.90 Å². The fourth-order valence-corrected chi connectivity index (χ4v) is 4.52. The topological polar surface area (TPSA) is 103 Å². The van der Waals surface area contributed by atoms with Crippen LogP contribution in [0.4, 0.5) is 0 Å². The standard InChI is InChI=1S/C23H27N3O4/c1-14-8-9-19-17(11-14)21(16-6-2-3-7-18(16)25-19)23(29)30-13-20(27)26-10-4-5-15(12-26)22(24)28/h2-3,6-7,14-15H,4-5,8-13H2,1H3,(H2,24,28)/t14-,15+/m1/s1. The summed E-state index contributed by atoms with van der Waals surface area (Å²) in [4.78, 5) is 43.5. The van der Waals surface area contributed by atoms with Gasteiger partial charge >= 0.3 is 5.97 Å². The molecule has 1 aliphatic carbocycles. The molecule has 0 spiro atoms. The van der Waals surface area contributed by atoms with E-state index in [1.807, 2.05) is 24.3 Å². The van der Waals surface area contributed by atoms with Crippen molar-refractivity contribution in [1.29, 1.82) is 0 Å². The smallest absolute Gasteiger partial charge is 0.339 e. The number of carbonyl (C=O) groups excluding carboxylic acids is 3. The molecule has 7 heteroatoms. The molecule has 2 aliphatic rings. The molecule has 2 heterocycles. The second-order valence-corrected chi connectivity index (χ2v) is 8.43. The number of nitrogens with zero attached hydrogens (tertiary/aromatic N) is 2. The van der Waals surface area contributed by atoms with Crippen molar-refractivity contribution < 1.29 is 19.1 Å². The number of pyridine rings is 1. The van der Waals surface area contributed by atoms with E-state index >= 15 is 0 Å². The van der Waals surface area contributed by atoms with Crippen molar-refractivity contribution >= 4 is 28.7 Å². The van der Waals surface area contributed by atoms with Crippen molar-refractivity contribution in [2.75, 3.05) is 19.7 Å². The van der Waals surface area contributed by atoms with Crippen LogP contribution in [-0.4, -0.2) is 47.4 Å². The number of ether oxygens (including phenoxy) is 1. The Balaban J connectivity index is 1.54. The molecule has 1 aromatic carbocycles. The van der Waals surface area contributed by atoms with Crippen LogP contribution < -0.4 is 5.73 Å². The van der Waals surface area contributed by atoms with Crippen LogP contribution in [0.1, 0.15) is 47.8 Å². The van der Waals surface area contributed by atoms with Crippen molar-refractivity contribution in [3.8, 4) is 0 Å². The summed E-state index contributed by atoms with van der Waals surface area (Å²) in [5, 5.41) is 0.759. The number of esters is 1. The van der Waals surface area contributed by atoms with E-state index in [-0.39, 0.29) is 25.0 Å². The van der Waals surface area contributed by atoms with Crippen molar-refractivity contribution in [3.63, 3.8) is 0 Å². The Bertz CT molecular complexity index is 1000. The van der Waals surface area contributed by atoms with Gasteiger partial charge in [0.15, 0.2) is 6.61 Å². The first-order chi connectivity index (χ1) is 14.4. The molecular formula is C23H27N3O4. The minimum Gasteiger partial charge on any atom is -0.452 e. The van der Waals surface area contributed by atoms with Crippen LogP contribution in [0.3, 0.4) is 0 Å². The molecule has 0 unspecified atom stereocenters. The highest BCUT2D eigenvalue weighted by Crippen LogP contribution is 2.32. The molecule has 1 aliphatic heterocycles. The zero-order valence-corrected chi connectivity index (χ0v) is 17.2. The molecule has 1 aromatic heterocycles. The number of aromatic nitrogens is 1. The molecule has 1 fully saturated rings. The van der Waals surface area contributed by atoms with Crippen molar-refractivity contribution in [2.45, 2.75) is 39.0 Å². The summed E-state index contributed by atoms with van der Waals surface area (Å²) in [6, 6.07) is 7.55. The van der Waals surface area contributed by atoms with Gasteiger partial charge in [-0.3, -0.25) is 14.6 Å². The highest BCUT2D eigenvalue weighted by Gasteiger charge is 2.29. The second-order valence-electron chi connectivity index (χ2n) is 8.43. The summed E-state index contributed by atoms with van der Waals surface area (Å²) in [5.74, 6) is -1.05. The number of hydrogen-bond donors (Lipinski definition) is 1. The molecule has 0 radical (unpaired) electrons. The second kappa shape index (κ2) is 8.42. The molecule has 2 N–H and O–H groups in total.